The van der Waals surface area contributed by atoms with E-state index in [9.17, 15) is 25.2 Å². The average molecular weight is 286 g/mol. The van der Waals surface area contributed by atoms with Crippen molar-refractivity contribution in [2.24, 2.45) is 23.2 Å². The quantitative estimate of drug-likeness (QED) is 0.607. The molecule has 0 aromatic heterocycles. The Kier molecular flexibility index (Phi) is 3.91. The number of carbonyl (C=O) groups is 1. The van der Waals surface area contributed by atoms with Gasteiger partial charge in [-0.25, -0.2) is 0 Å². The maximum Gasteiger partial charge on any atom is 0.307 e. The predicted octanol–water partition coefficient (Wildman–Crippen LogP) is 1.01. The van der Waals surface area contributed by atoms with Gasteiger partial charge in [0.15, 0.2) is 0 Å². The summed E-state index contributed by atoms with van der Waals surface area (Å²) in [5, 5.41) is 40.1. The van der Waals surface area contributed by atoms with Crippen LogP contribution in [0.2, 0.25) is 0 Å². The molecule has 5 nitrogen and oxygen atoms in total. The van der Waals surface area contributed by atoms with Gasteiger partial charge in [0.2, 0.25) is 0 Å². The first-order valence-electron chi connectivity index (χ1n) is 7.44. The molecule has 0 amide bonds. The number of carboxylic acid groups (broad SMARTS) is 1. The molecule has 2 saturated carbocycles. The molecule has 0 bridgehead atoms. The topological polar surface area (TPSA) is 98.0 Å². The van der Waals surface area contributed by atoms with Crippen LogP contribution < -0.4 is 0 Å². The van der Waals surface area contributed by atoms with Crippen molar-refractivity contribution >= 4 is 5.97 Å². The second-order valence-corrected chi connectivity index (χ2v) is 7.22. The summed E-state index contributed by atoms with van der Waals surface area (Å²) in [6.07, 6.45) is -0.302. The zero-order chi connectivity index (χ0) is 15.3. The molecular weight excluding hydrogens is 260 g/mol. The van der Waals surface area contributed by atoms with Crippen LogP contribution in [0.4, 0.5) is 0 Å². The highest BCUT2D eigenvalue weighted by Gasteiger charge is 2.61. The van der Waals surface area contributed by atoms with Crippen LogP contribution in [-0.2, 0) is 4.79 Å². The van der Waals surface area contributed by atoms with E-state index in [4.69, 9.17) is 0 Å². The standard InChI is InChI=1S/C15H26O5/c1-8(2)9-4-5-10(13(18)19)15(9)6-11(16)14(3,20)12(17)7-15/h8-12,16-17,20H,4-7H2,1-3H3,(H,18,19)/t9-,10+,11-,12+,14?,15?/m0/s1. The first-order valence-corrected chi connectivity index (χ1v) is 7.44. The van der Waals surface area contributed by atoms with Crippen molar-refractivity contribution in [1.29, 1.82) is 0 Å². The third kappa shape index (κ3) is 2.16. The summed E-state index contributed by atoms with van der Waals surface area (Å²) < 4.78 is 0. The van der Waals surface area contributed by atoms with Crippen molar-refractivity contribution < 1.29 is 25.2 Å². The van der Waals surface area contributed by atoms with Crippen LogP contribution in [0.1, 0.15) is 46.5 Å². The number of hydrogen-bond acceptors (Lipinski definition) is 4. The number of aliphatic hydroxyl groups excluding tert-OH is 2. The molecule has 116 valence electrons. The highest BCUT2D eigenvalue weighted by Crippen LogP contribution is 2.59. The fourth-order valence-corrected chi connectivity index (χ4v) is 4.57. The second kappa shape index (κ2) is 4.97. The first-order chi connectivity index (χ1) is 9.13. The van der Waals surface area contributed by atoms with Gasteiger partial charge in [-0.15, -0.1) is 0 Å². The molecule has 2 rings (SSSR count). The van der Waals surface area contributed by atoms with Gasteiger partial charge in [-0.1, -0.05) is 13.8 Å². The minimum absolute atomic E-state index is 0.156. The Morgan fingerprint density at radius 2 is 1.65 bits per heavy atom. The third-order valence-corrected chi connectivity index (χ3v) is 5.80. The summed E-state index contributed by atoms with van der Waals surface area (Å²) in [5.41, 5.74) is -2.17. The van der Waals surface area contributed by atoms with Crippen LogP contribution in [0.3, 0.4) is 0 Å². The van der Waals surface area contributed by atoms with Crippen molar-refractivity contribution in [3.63, 3.8) is 0 Å². The number of aliphatic carboxylic acids is 1. The van der Waals surface area contributed by atoms with Gasteiger partial charge in [0.1, 0.15) is 5.60 Å². The summed E-state index contributed by atoms with van der Waals surface area (Å²) in [7, 11) is 0. The van der Waals surface area contributed by atoms with Gasteiger partial charge in [0.05, 0.1) is 18.1 Å². The van der Waals surface area contributed by atoms with Crippen LogP contribution in [-0.4, -0.2) is 44.2 Å². The van der Waals surface area contributed by atoms with E-state index in [1.54, 1.807) is 0 Å². The highest BCUT2D eigenvalue weighted by atomic mass is 16.4. The molecule has 6 atom stereocenters. The van der Waals surface area contributed by atoms with E-state index >= 15 is 0 Å². The van der Waals surface area contributed by atoms with Gasteiger partial charge in [0, 0.05) is 0 Å². The smallest absolute Gasteiger partial charge is 0.307 e. The Balaban J connectivity index is 2.40. The van der Waals surface area contributed by atoms with E-state index in [1.165, 1.54) is 6.92 Å². The third-order valence-electron chi connectivity index (χ3n) is 5.80. The van der Waals surface area contributed by atoms with Crippen molar-refractivity contribution in [3.8, 4) is 0 Å². The zero-order valence-corrected chi connectivity index (χ0v) is 12.4. The lowest BCUT2D eigenvalue weighted by atomic mass is 9.56. The zero-order valence-electron chi connectivity index (χ0n) is 12.4. The van der Waals surface area contributed by atoms with Crippen molar-refractivity contribution in [2.45, 2.75) is 64.3 Å². The van der Waals surface area contributed by atoms with E-state index in [1.807, 2.05) is 0 Å². The fourth-order valence-electron chi connectivity index (χ4n) is 4.57. The number of carboxylic acids is 1. The van der Waals surface area contributed by atoms with Gasteiger partial charge in [-0.05, 0) is 49.9 Å². The Morgan fingerprint density at radius 1 is 1.15 bits per heavy atom. The minimum atomic E-state index is -1.56. The van der Waals surface area contributed by atoms with E-state index < -0.39 is 35.1 Å². The normalized spacial score (nSPS) is 49.0. The van der Waals surface area contributed by atoms with Crippen LogP contribution in [0.25, 0.3) is 0 Å². The molecule has 2 aliphatic rings. The van der Waals surface area contributed by atoms with Crippen molar-refractivity contribution in [3.05, 3.63) is 0 Å². The van der Waals surface area contributed by atoms with Gasteiger partial charge >= 0.3 is 5.97 Å². The molecule has 4 N–H and O–H groups in total. The average Bonchev–Trinajstić information content (AvgIpc) is 2.66. The highest BCUT2D eigenvalue weighted by molar-refractivity contribution is 5.71. The van der Waals surface area contributed by atoms with Gasteiger partial charge in [-0.2, -0.15) is 0 Å². The molecule has 20 heavy (non-hydrogen) atoms. The van der Waals surface area contributed by atoms with Gasteiger partial charge < -0.3 is 20.4 Å². The van der Waals surface area contributed by atoms with Crippen LogP contribution in [0.15, 0.2) is 0 Å². The molecule has 2 unspecified atom stereocenters. The summed E-state index contributed by atoms with van der Waals surface area (Å²) in [4.78, 5) is 11.6. The van der Waals surface area contributed by atoms with Gasteiger partial charge in [-0.3, -0.25) is 4.79 Å². The molecule has 0 aromatic rings. The maximum absolute atomic E-state index is 11.6. The molecule has 0 saturated heterocycles. The molecule has 2 aliphatic carbocycles. The molecule has 0 radical (unpaired) electrons. The molecule has 1 spiro atoms. The second-order valence-electron chi connectivity index (χ2n) is 7.22. The van der Waals surface area contributed by atoms with Crippen LogP contribution >= 0.6 is 0 Å². The summed E-state index contributed by atoms with van der Waals surface area (Å²) >= 11 is 0. The Morgan fingerprint density at radius 3 is 2.05 bits per heavy atom. The lowest BCUT2D eigenvalue weighted by molar-refractivity contribution is -0.203. The monoisotopic (exact) mass is 286 g/mol. The molecule has 2 fully saturated rings. The van der Waals surface area contributed by atoms with E-state index in [0.717, 1.165) is 6.42 Å². The van der Waals surface area contributed by atoms with Crippen LogP contribution in [0, 0.1) is 23.2 Å². The molecular formula is C15H26O5. The molecule has 0 aliphatic heterocycles. The number of aliphatic hydroxyl groups is 3. The largest absolute Gasteiger partial charge is 0.481 e. The summed E-state index contributed by atoms with van der Waals surface area (Å²) in [5.74, 6) is -0.949. The molecule has 0 aromatic carbocycles. The predicted molar refractivity (Wildman–Crippen MR) is 73.0 cm³/mol. The lowest BCUT2D eigenvalue weighted by Crippen LogP contribution is -2.60. The molecule has 5 heteroatoms. The molecule has 0 heterocycles. The van der Waals surface area contributed by atoms with Crippen molar-refractivity contribution in [1.82, 2.24) is 0 Å². The summed E-state index contributed by atoms with van der Waals surface area (Å²) in [6.45, 7) is 5.54. The Hall–Kier alpha value is -0.650. The van der Waals surface area contributed by atoms with E-state index in [2.05, 4.69) is 13.8 Å². The fraction of sp³-hybridized carbons (Fsp3) is 0.933. The van der Waals surface area contributed by atoms with Crippen LogP contribution in [0.5, 0.6) is 0 Å². The lowest BCUT2D eigenvalue weighted by Gasteiger charge is -2.52. The first kappa shape index (κ1) is 15.7. The maximum atomic E-state index is 11.6. The summed E-state index contributed by atoms with van der Waals surface area (Å²) in [6, 6.07) is 0. The SMILES string of the molecule is CC(C)[C@@H]1CC[C@H](C(=O)O)C12C[C@@H](O)C(C)(O)[C@@H](O)C2. The Labute approximate surface area is 119 Å². The van der Waals surface area contributed by atoms with Gasteiger partial charge in [0.25, 0.3) is 0 Å². The Bertz CT molecular complexity index is 376. The number of rotatable bonds is 2. The van der Waals surface area contributed by atoms with E-state index in [-0.39, 0.29) is 18.8 Å². The number of hydrogen-bond donors (Lipinski definition) is 4. The van der Waals surface area contributed by atoms with Crippen molar-refractivity contribution in [2.75, 3.05) is 0 Å². The minimum Gasteiger partial charge on any atom is -0.481 e. The van der Waals surface area contributed by atoms with E-state index in [0.29, 0.717) is 12.3 Å².